The Labute approximate surface area is 112 Å². The van der Waals surface area contributed by atoms with Crippen LogP contribution in [0.4, 0.5) is 0 Å². The quantitative estimate of drug-likeness (QED) is 0.842. The highest BCUT2D eigenvalue weighted by Crippen LogP contribution is 2.02. The lowest BCUT2D eigenvalue weighted by Gasteiger charge is -2.13. The standard InChI is InChI=1S/C13H19N5O/c1-9(6-12-7-10(2)16-17-12)15-13(19)8-18-11(3)4-5-14-18/h4-5,7,9H,6,8H2,1-3H3,(H,15,19)(H,16,17)/t9-/m1/s1. The molecule has 0 saturated heterocycles. The smallest absolute Gasteiger partial charge is 0.241 e. The first-order valence-electron chi connectivity index (χ1n) is 6.33. The predicted molar refractivity (Wildman–Crippen MR) is 71.6 cm³/mol. The third-order valence-corrected chi connectivity index (χ3v) is 2.90. The average Bonchev–Trinajstić information content (AvgIpc) is 2.89. The SMILES string of the molecule is Cc1cc(C[C@@H](C)NC(=O)Cn2nccc2C)n[nH]1. The van der Waals surface area contributed by atoms with Crippen LogP contribution in [0.15, 0.2) is 18.3 Å². The predicted octanol–water partition coefficient (Wildman–Crippen LogP) is 0.970. The number of hydrogen-bond donors (Lipinski definition) is 2. The number of H-pyrrole nitrogens is 1. The van der Waals surface area contributed by atoms with Crippen molar-refractivity contribution < 1.29 is 4.79 Å². The van der Waals surface area contributed by atoms with Gasteiger partial charge in [0, 0.05) is 30.0 Å². The van der Waals surface area contributed by atoms with Crippen molar-refractivity contribution in [2.75, 3.05) is 0 Å². The van der Waals surface area contributed by atoms with Crippen LogP contribution in [0.1, 0.15) is 24.0 Å². The maximum atomic E-state index is 11.9. The van der Waals surface area contributed by atoms with Crippen molar-refractivity contribution in [1.29, 1.82) is 0 Å². The van der Waals surface area contributed by atoms with Crippen molar-refractivity contribution >= 4 is 5.91 Å². The minimum Gasteiger partial charge on any atom is -0.352 e. The summed E-state index contributed by atoms with van der Waals surface area (Å²) in [6, 6.07) is 3.91. The lowest BCUT2D eigenvalue weighted by atomic mass is 10.2. The Balaban J connectivity index is 1.83. The van der Waals surface area contributed by atoms with Gasteiger partial charge in [0.25, 0.3) is 0 Å². The molecule has 0 fully saturated rings. The van der Waals surface area contributed by atoms with Crippen LogP contribution < -0.4 is 5.32 Å². The van der Waals surface area contributed by atoms with Crippen LogP contribution in [0, 0.1) is 13.8 Å². The minimum atomic E-state index is -0.0356. The number of hydrogen-bond acceptors (Lipinski definition) is 3. The largest absolute Gasteiger partial charge is 0.352 e. The van der Waals surface area contributed by atoms with E-state index in [1.165, 1.54) is 0 Å². The van der Waals surface area contributed by atoms with Gasteiger partial charge in [0.15, 0.2) is 0 Å². The van der Waals surface area contributed by atoms with E-state index in [0.717, 1.165) is 17.1 Å². The molecular weight excluding hydrogens is 242 g/mol. The Morgan fingerprint density at radius 2 is 2.32 bits per heavy atom. The number of aryl methyl sites for hydroxylation is 2. The lowest BCUT2D eigenvalue weighted by Crippen LogP contribution is -2.36. The lowest BCUT2D eigenvalue weighted by molar-refractivity contribution is -0.122. The third-order valence-electron chi connectivity index (χ3n) is 2.90. The molecule has 6 heteroatoms. The first-order valence-corrected chi connectivity index (χ1v) is 6.33. The van der Waals surface area contributed by atoms with E-state index in [2.05, 4.69) is 20.6 Å². The Morgan fingerprint density at radius 3 is 2.89 bits per heavy atom. The van der Waals surface area contributed by atoms with Crippen LogP contribution >= 0.6 is 0 Å². The number of nitrogens with zero attached hydrogens (tertiary/aromatic N) is 3. The summed E-state index contributed by atoms with van der Waals surface area (Å²) in [6.45, 7) is 6.11. The van der Waals surface area contributed by atoms with Gasteiger partial charge in [-0.3, -0.25) is 14.6 Å². The zero-order chi connectivity index (χ0) is 13.8. The first kappa shape index (κ1) is 13.3. The van der Waals surface area contributed by atoms with E-state index in [9.17, 15) is 4.79 Å². The molecule has 2 N–H and O–H groups in total. The molecule has 2 rings (SSSR count). The number of aromatic amines is 1. The number of aromatic nitrogens is 4. The molecule has 0 spiro atoms. The molecule has 1 amide bonds. The van der Waals surface area contributed by atoms with E-state index in [1.54, 1.807) is 10.9 Å². The zero-order valence-electron chi connectivity index (χ0n) is 11.5. The molecule has 0 unspecified atom stereocenters. The number of carbonyl (C=O) groups excluding carboxylic acids is 1. The monoisotopic (exact) mass is 261 g/mol. The Bertz CT molecular complexity index is 557. The molecule has 2 heterocycles. The summed E-state index contributed by atoms with van der Waals surface area (Å²) < 4.78 is 1.68. The molecule has 1 atom stereocenters. The Hall–Kier alpha value is -2.11. The van der Waals surface area contributed by atoms with E-state index in [1.807, 2.05) is 32.9 Å². The molecule has 2 aromatic rings. The van der Waals surface area contributed by atoms with E-state index < -0.39 is 0 Å². The second-order valence-corrected chi connectivity index (χ2v) is 4.85. The number of carbonyl (C=O) groups is 1. The van der Waals surface area contributed by atoms with Gasteiger partial charge in [-0.2, -0.15) is 10.2 Å². The molecule has 0 bridgehead atoms. The van der Waals surface area contributed by atoms with Gasteiger partial charge in [0.05, 0.1) is 5.69 Å². The molecule has 0 aliphatic carbocycles. The van der Waals surface area contributed by atoms with Crippen LogP contribution in [-0.4, -0.2) is 31.9 Å². The van der Waals surface area contributed by atoms with E-state index in [0.29, 0.717) is 6.42 Å². The van der Waals surface area contributed by atoms with Gasteiger partial charge >= 0.3 is 0 Å². The van der Waals surface area contributed by atoms with Crippen molar-refractivity contribution in [3.8, 4) is 0 Å². The van der Waals surface area contributed by atoms with Crippen LogP contribution in [-0.2, 0) is 17.8 Å². The fourth-order valence-electron chi connectivity index (χ4n) is 1.96. The maximum Gasteiger partial charge on any atom is 0.241 e. The maximum absolute atomic E-state index is 11.9. The first-order chi connectivity index (χ1) is 9.04. The van der Waals surface area contributed by atoms with Gasteiger partial charge in [0.1, 0.15) is 6.54 Å². The van der Waals surface area contributed by atoms with Crippen LogP contribution in [0.2, 0.25) is 0 Å². The van der Waals surface area contributed by atoms with Crippen molar-refractivity contribution in [3.05, 3.63) is 35.4 Å². The van der Waals surface area contributed by atoms with Gasteiger partial charge in [-0.25, -0.2) is 0 Å². The fourth-order valence-corrected chi connectivity index (χ4v) is 1.96. The summed E-state index contributed by atoms with van der Waals surface area (Å²) in [5.41, 5.74) is 2.96. The van der Waals surface area contributed by atoms with Crippen molar-refractivity contribution in [2.45, 2.75) is 39.8 Å². The minimum absolute atomic E-state index is 0.0356. The van der Waals surface area contributed by atoms with Crippen molar-refractivity contribution in [3.63, 3.8) is 0 Å². The van der Waals surface area contributed by atoms with Gasteiger partial charge < -0.3 is 5.32 Å². The molecule has 0 saturated carbocycles. The van der Waals surface area contributed by atoms with Crippen LogP contribution in [0.3, 0.4) is 0 Å². The summed E-state index contributed by atoms with van der Waals surface area (Å²) in [5.74, 6) is -0.0356. The van der Waals surface area contributed by atoms with Gasteiger partial charge in [-0.05, 0) is 32.9 Å². The van der Waals surface area contributed by atoms with Gasteiger partial charge in [0.2, 0.25) is 5.91 Å². The molecule has 0 aliphatic rings. The fraction of sp³-hybridized carbons (Fsp3) is 0.462. The summed E-state index contributed by atoms with van der Waals surface area (Å²) in [6.07, 6.45) is 2.41. The highest BCUT2D eigenvalue weighted by molar-refractivity contribution is 5.76. The molecule has 102 valence electrons. The molecule has 0 aromatic carbocycles. The van der Waals surface area contributed by atoms with E-state index in [-0.39, 0.29) is 18.5 Å². The highest BCUT2D eigenvalue weighted by Gasteiger charge is 2.11. The average molecular weight is 261 g/mol. The van der Waals surface area contributed by atoms with Crippen LogP contribution in [0.25, 0.3) is 0 Å². The second-order valence-electron chi connectivity index (χ2n) is 4.85. The van der Waals surface area contributed by atoms with Crippen LogP contribution in [0.5, 0.6) is 0 Å². The van der Waals surface area contributed by atoms with Crippen molar-refractivity contribution in [2.24, 2.45) is 0 Å². The summed E-state index contributed by atoms with van der Waals surface area (Å²) >= 11 is 0. The second kappa shape index (κ2) is 5.69. The third kappa shape index (κ3) is 3.67. The topological polar surface area (TPSA) is 75.6 Å². The molecule has 0 radical (unpaired) electrons. The number of rotatable bonds is 5. The Kier molecular flexibility index (Phi) is 3.99. The summed E-state index contributed by atoms with van der Waals surface area (Å²) in [5, 5.41) is 14.1. The van der Waals surface area contributed by atoms with E-state index >= 15 is 0 Å². The van der Waals surface area contributed by atoms with Crippen molar-refractivity contribution in [1.82, 2.24) is 25.3 Å². The normalized spacial score (nSPS) is 12.4. The number of amides is 1. The highest BCUT2D eigenvalue weighted by atomic mass is 16.2. The van der Waals surface area contributed by atoms with Gasteiger partial charge in [-0.1, -0.05) is 0 Å². The zero-order valence-corrected chi connectivity index (χ0v) is 11.5. The summed E-state index contributed by atoms with van der Waals surface area (Å²) in [4.78, 5) is 11.9. The molecule has 6 nitrogen and oxygen atoms in total. The molecular formula is C13H19N5O. The van der Waals surface area contributed by atoms with E-state index in [4.69, 9.17) is 0 Å². The molecule has 2 aromatic heterocycles. The molecule has 19 heavy (non-hydrogen) atoms. The Morgan fingerprint density at radius 1 is 1.53 bits per heavy atom. The molecule has 0 aliphatic heterocycles. The number of nitrogens with one attached hydrogen (secondary N) is 2. The summed E-state index contributed by atoms with van der Waals surface area (Å²) in [7, 11) is 0. The van der Waals surface area contributed by atoms with Gasteiger partial charge in [-0.15, -0.1) is 0 Å².